The molecule has 1 fully saturated rings. The van der Waals surface area contributed by atoms with Crippen molar-refractivity contribution in [1.29, 1.82) is 0 Å². The van der Waals surface area contributed by atoms with E-state index in [-0.39, 0.29) is 11.9 Å². The standard InChI is InChI=1S/C13H12BrFN2O2/c14-11-4-3-10(5-12(11)15)19-13-17-9(7-18-13)6-16-8-1-2-8/h3-5,7-8,16H,1-2,6H2. The van der Waals surface area contributed by atoms with Crippen molar-refractivity contribution < 1.29 is 13.5 Å². The van der Waals surface area contributed by atoms with Crippen molar-refractivity contribution in [3.63, 3.8) is 0 Å². The second-order valence-corrected chi connectivity index (χ2v) is 5.29. The Bertz CT molecular complexity index is 584. The summed E-state index contributed by atoms with van der Waals surface area (Å²) in [6.07, 6.45) is 4.10. The van der Waals surface area contributed by atoms with Crippen LogP contribution in [-0.4, -0.2) is 11.0 Å². The minimum Gasteiger partial charge on any atom is -0.417 e. The lowest BCUT2D eigenvalue weighted by molar-refractivity contribution is 0.329. The molecule has 1 aromatic heterocycles. The Kier molecular flexibility index (Phi) is 3.52. The van der Waals surface area contributed by atoms with Gasteiger partial charge in [0.05, 0.1) is 10.2 Å². The molecular weight excluding hydrogens is 315 g/mol. The maximum atomic E-state index is 13.3. The summed E-state index contributed by atoms with van der Waals surface area (Å²) in [5.41, 5.74) is 0.777. The van der Waals surface area contributed by atoms with E-state index in [4.69, 9.17) is 9.15 Å². The van der Waals surface area contributed by atoms with Crippen LogP contribution in [0.25, 0.3) is 0 Å². The molecule has 0 aliphatic heterocycles. The van der Waals surface area contributed by atoms with Gasteiger partial charge in [0.15, 0.2) is 0 Å². The van der Waals surface area contributed by atoms with Crippen LogP contribution >= 0.6 is 15.9 Å². The average Bonchev–Trinajstić information content (AvgIpc) is 3.12. The molecule has 2 aromatic rings. The van der Waals surface area contributed by atoms with Crippen molar-refractivity contribution in [3.8, 4) is 11.8 Å². The summed E-state index contributed by atoms with van der Waals surface area (Å²) in [4.78, 5) is 4.17. The first kappa shape index (κ1) is 12.6. The Hall–Kier alpha value is -1.40. The van der Waals surface area contributed by atoms with Crippen molar-refractivity contribution >= 4 is 15.9 Å². The molecule has 0 atom stereocenters. The summed E-state index contributed by atoms with van der Waals surface area (Å²) in [7, 11) is 0. The van der Waals surface area contributed by atoms with Gasteiger partial charge in [0.25, 0.3) is 0 Å². The van der Waals surface area contributed by atoms with E-state index in [2.05, 4.69) is 26.2 Å². The quantitative estimate of drug-likeness (QED) is 0.911. The predicted molar refractivity (Wildman–Crippen MR) is 70.5 cm³/mol. The number of halogens is 2. The lowest BCUT2D eigenvalue weighted by atomic mass is 10.3. The molecule has 1 N–H and O–H groups in total. The largest absolute Gasteiger partial charge is 0.417 e. The monoisotopic (exact) mass is 326 g/mol. The summed E-state index contributed by atoms with van der Waals surface area (Å²) in [5.74, 6) is -0.0380. The highest BCUT2D eigenvalue weighted by atomic mass is 79.9. The molecule has 0 unspecified atom stereocenters. The van der Waals surface area contributed by atoms with E-state index in [1.807, 2.05) is 0 Å². The summed E-state index contributed by atoms with van der Waals surface area (Å²) >= 11 is 3.08. The molecule has 4 nitrogen and oxygen atoms in total. The third-order valence-electron chi connectivity index (χ3n) is 2.78. The number of ether oxygens (including phenoxy) is 1. The van der Waals surface area contributed by atoms with Crippen LogP contribution in [-0.2, 0) is 6.54 Å². The van der Waals surface area contributed by atoms with Crippen molar-refractivity contribution in [3.05, 3.63) is 40.4 Å². The second kappa shape index (κ2) is 5.30. The van der Waals surface area contributed by atoms with Gasteiger partial charge in [0.1, 0.15) is 17.8 Å². The summed E-state index contributed by atoms with van der Waals surface area (Å²) in [6.45, 7) is 0.659. The van der Waals surface area contributed by atoms with E-state index in [1.54, 1.807) is 18.4 Å². The number of benzene rings is 1. The fourth-order valence-electron chi connectivity index (χ4n) is 1.59. The average molecular weight is 327 g/mol. The van der Waals surface area contributed by atoms with Crippen molar-refractivity contribution in [2.75, 3.05) is 0 Å². The first-order valence-corrected chi connectivity index (χ1v) is 6.81. The van der Waals surface area contributed by atoms with Gasteiger partial charge in [0, 0.05) is 18.7 Å². The molecule has 0 amide bonds. The first-order chi connectivity index (χ1) is 9.20. The van der Waals surface area contributed by atoms with Crippen LogP contribution in [0.1, 0.15) is 18.5 Å². The molecule has 6 heteroatoms. The minimum absolute atomic E-state index is 0.120. The number of oxazole rings is 1. The number of aromatic nitrogens is 1. The van der Waals surface area contributed by atoms with Gasteiger partial charge in [-0.1, -0.05) is 0 Å². The number of hydrogen-bond donors (Lipinski definition) is 1. The zero-order valence-electron chi connectivity index (χ0n) is 10.0. The van der Waals surface area contributed by atoms with Gasteiger partial charge in [0.2, 0.25) is 0 Å². The van der Waals surface area contributed by atoms with Gasteiger partial charge in [-0.2, -0.15) is 4.98 Å². The summed E-state index contributed by atoms with van der Waals surface area (Å²) in [5, 5.41) is 3.32. The van der Waals surface area contributed by atoms with E-state index < -0.39 is 0 Å². The molecule has 0 radical (unpaired) electrons. The highest BCUT2D eigenvalue weighted by Gasteiger charge is 2.20. The molecule has 1 aromatic carbocycles. The fourth-order valence-corrected chi connectivity index (χ4v) is 1.84. The molecule has 0 saturated heterocycles. The molecular formula is C13H12BrFN2O2. The third-order valence-corrected chi connectivity index (χ3v) is 3.42. The maximum Gasteiger partial charge on any atom is 0.399 e. The maximum absolute atomic E-state index is 13.3. The molecule has 100 valence electrons. The number of nitrogens with zero attached hydrogens (tertiary/aromatic N) is 1. The van der Waals surface area contributed by atoms with Crippen LogP contribution in [0.5, 0.6) is 11.8 Å². The molecule has 1 heterocycles. The SMILES string of the molecule is Fc1cc(Oc2nc(CNC3CC3)co2)ccc1Br. The predicted octanol–water partition coefficient (Wildman–Crippen LogP) is 3.62. The Morgan fingerprint density at radius 2 is 2.32 bits per heavy atom. The lowest BCUT2D eigenvalue weighted by Crippen LogP contribution is -2.15. The lowest BCUT2D eigenvalue weighted by Gasteiger charge is -2.01. The molecule has 19 heavy (non-hydrogen) atoms. The Morgan fingerprint density at radius 1 is 1.47 bits per heavy atom. The van der Waals surface area contributed by atoms with Crippen LogP contribution in [0.4, 0.5) is 4.39 Å². The smallest absolute Gasteiger partial charge is 0.399 e. The van der Waals surface area contributed by atoms with E-state index in [1.165, 1.54) is 18.9 Å². The van der Waals surface area contributed by atoms with Gasteiger partial charge in [-0.25, -0.2) is 4.39 Å². The zero-order valence-corrected chi connectivity index (χ0v) is 11.6. The topological polar surface area (TPSA) is 47.3 Å². The van der Waals surface area contributed by atoms with Crippen LogP contribution in [0, 0.1) is 5.82 Å². The van der Waals surface area contributed by atoms with Gasteiger partial charge in [-0.05, 0) is 40.9 Å². The van der Waals surface area contributed by atoms with E-state index in [9.17, 15) is 4.39 Å². The van der Waals surface area contributed by atoms with Crippen molar-refractivity contribution in [2.24, 2.45) is 0 Å². The molecule has 1 saturated carbocycles. The molecule has 1 aliphatic rings. The Morgan fingerprint density at radius 3 is 3.05 bits per heavy atom. The Labute approximate surface area is 118 Å². The van der Waals surface area contributed by atoms with Gasteiger partial charge < -0.3 is 14.5 Å². The first-order valence-electron chi connectivity index (χ1n) is 6.01. The van der Waals surface area contributed by atoms with Gasteiger partial charge >= 0.3 is 6.08 Å². The number of hydrogen-bond acceptors (Lipinski definition) is 4. The van der Waals surface area contributed by atoms with E-state index in [0.29, 0.717) is 22.8 Å². The zero-order chi connectivity index (χ0) is 13.2. The molecule has 0 spiro atoms. The highest BCUT2D eigenvalue weighted by Crippen LogP contribution is 2.25. The summed E-state index contributed by atoms with van der Waals surface area (Å²) < 4.78 is 24.2. The summed E-state index contributed by atoms with van der Waals surface area (Å²) in [6, 6.07) is 5.10. The number of nitrogens with one attached hydrogen (secondary N) is 1. The van der Waals surface area contributed by atoms with Crippen LogP contribution in [0.2, 0.25) is 0 Å². The Balaban J connectivity index is 1.63. The van der Waals surface area contributed by atoms with Crippen LogP contribution < -0.4 is 10.1 Å². The van der Waals surface area contributed by atoms with Gasteiger partial charge in [-0.15, -0.1) is 0 Å². The normalized spacial score (nSPS) is 14.6. The van der Waals surface area contributed by atoms with Crippen LogP contribution in [0.3, 0.4) is 0 Å². The fraction of sp³-hybridized carbons (Fsp3) is 0.308. The number of rotatable bonds is 5. The van der Waals surface area contributed by atoms with Crippen molar-refractivity contribution in [2.45, 2.75) is 25.4 Å². The van der Waals surface area contributed by atoms with E-state index >= 15 is 0 Å². The second-order valence-electron chi connectivity index (χ2n) is 4.44. The van der Waals surface area contributed by atoms with Crippen molar-refractivity contribution in [1.82, 2.24) is 10.3 Å². The van der Waals surface area contributed by atoms with E-state index in [0.717, 1.165) is 5.69 Å². The molecule has 0 bridgehead atoms. The highest BCUT2D eigenvalue weighted by molar-refractivity contribution is 9.10. The van der Waals surface area contributed by atoms with Crippen LogP contribution in [0.15, 0.2) is 33.4 Å². The molecule has 3 rings (SSSR count). The van der Waals surface area contributed by atoms with Gasteiger partial charge in [-0.3, -0.25) is 0 Å². The molecule has 1 aliphatic carbocycles. The minimum atomic E-state index is -0.389. The third kappa shape index (κ3) is 3.33.